The van der Waals surface area contributed by atoms with E-state index >= 15 is 0 Å². The molecule has 0 saturated carbocycles. The Labute approximate surface area is 88.8 Å². The van der Waals surface area contributed by atoms with Crippen molar-refractivity contribution in [2.24, 2.45) is 0 Å². The van der Waals surface area contributed by atoms with E-state index in [1.54, 1.807) is 0 Å². The molecule has 2 aliphatic rings. The van der Waals surface area contributed by atoms with Crippen LogP contribution in [0.15, 0.2) is 0 Å². The van der Waals surface area contributed by atoms with Gasteiger partial charge in [0.25, 0.3) is 0 Å². The van der Waals surface area contributed by atoms with Gasteiger partial charge in [0.15, 0.2) is 5.82 Å². The molecule has 15 heavy (non-hydrogen) atoms. The number of rotatable bonds is 2. The predicted molar refractivity (Wildman–Crippen MR) is 54.6 cm³/mol. The van der Waals surface area contributed by atoms with Gasteiger partial charge in [-0.05, 0) is 19.8 Å². The van der Waals surface area contributed by atoms with Crippen LogP contribution in [-0.2, 0) is 4.74 Å². The fourth-order valence-corrected chi connectivity index (χ4v) is 2.29. The Morgan fingerprint density at radius 1 is 1.40 bits per heavy atom. The van der Waals surface area contributed by atoms with Gasteiger partial charge in [-0.25, -0.2) is 0 Å². The van der Waals surface area contributed by atoms with Crippen LogP contribution in [0.3, 0.4) is 0 Å². The van der Waals surface area contributed by atoms with Crippen molar-refractivity contribution in [3.8, 4) is 0 Å². The van der Waals surface area contributed by atoms with E-state index in [-0.39, 0.29) is 6.10 Å². The summed E-state index contributed by atoms with van der Waals surface area (Å²) in [6.45, 7) is 4.93. The minimum absolute atomic E-state index is 0.173. The lowest BCUT2D eigenvalue weighted by Crippen LogP contribution is -2.44. The third kappa shape index (κ3) is 1.46. The Balaban J connectivity index is 1.92. The molecule has 1 N–H and O–H groups in total. The van der Waals surface area contributed by atoms with E-state index in [2.05, 4.69) is 20.1 Å². The van der Waals surface area contributed by atoms with Crippen molar-refractivity contribution in [2.75, 3.05) is 19.7 Å². The fourth-order valence-electron chi connectivity index (χ4n) is 2.29. The maximum atomic E-state index is 5.67. The molecule has 0 aromatic carbocycles. The first-order valence-corrected chi connectivity index (χ1v) is 5.60. The van der Waals surface area contributed by atoms with E-state index in [0.717, 1.165) is 44.2 Å². The average Bonchev–Trinajstić information content (AvgIpc) is 2.74. The summed E-state index contributed by atoms with van der Waals surface area (Å²) in [6, 6.07) is 0.527. The normalized spacial score (nSPS) is 26.9. The molecular formula is C10H16N4O. The summed E-state index contributed by atoms with van der Waals surface area (Å²) in [7, 11) is 0. The monoisotopic (exact) mass is 208 g/mol. The second-order valence-electron chi connectivity index (χ2n) is 4.29. The van der Waals surface area contributed by atoms with Crippen LogP contribution in [0, 0.1) is 6.92 Å². The van der Waals surface area contributed by atoms with Gasteiger partial charge in [-0.1, -0.05) is 0 Å². The number of aryl methyl sites for hydroxylation is 1. The zero-order valence-corrected chi connectivity index (χ0v) is 8.94. The van der Waals surface area contributed by atoms with Crippen molar-refractivity contribution in [3.63, 3.8) is 0 Å². The lowest BCUT2D eigenvalue weighted by molar-refractivity contribution is 0.0982. The van der Waals surface area contributed by atoms with Crippen LogP contribution in [0.25, 0.3) is 0 Å². The highest BCUT2D eigenvalue weighted by Crippen LogP contribution is 2.30. The van der Waals surface area contributed by atoms with Crippen LogP contribution in [0.2, 0.25) is 0 Å². The molecule has 1 unspecified atom stereocenters. The topological polar surface area (TPSA) is 52.0 Å². The highest BCUT2D eigenvalue weighted by atomic mass is 16.5. The number of ether oxygens (including phenoxy) is 1. The van der Waals surface area contributed by atoms with Crippen molar-refractivity contribution in [2.45, 2.75) is 31.9 Å². The Morgan fingerprint density at radius 3 is 2.87 bits per heavy atom. The first-order chi connectivity index (χ1) is 7.36. The van der Waals surface area contributed by atoms with Gasteiger partial charge in [-0.3, -0.25) is 0 Å². The first-order valence-electron chi connectivity index (χ1n) is 5.60. The third-order valence-electron chi connectivity index (χ3n) is 3.24. The minimum Gasteiger partial charge on any atom is -0.370 e. The molecular weight excluding hydrogens is 192 g/mol. The zero-order chi connectivity index (χ0) is 10.3. The molecule has 5 nitrogen and oxygen atoms in total. The highest BCUT2D eigenvalue weighted by molar-refractivity contribution is 5.04. The summed E-state index contributed by atoms with van der Waals surface area (Å²) < 4.78 is 7.91. The van der Waals surface area contributed by atoms with E-state index in [1.807, 2.05) is 6.92 Å². The molecule has 1 atom stereocenters. The number of nitrogens with one attached hydrogen (secondary N) is 1. The second kappa shape index (κ2) is 3.57. The number of hydrogen-bond acceptors (Lipinski definition) is 4. The van der Waals surface area contributed by atoms with Crippen molar-refractivity contribution in [1.29, 1.82) is 0 Å². The highest BCUT2D eigenvalue weighted by Gasteiger charge is 2.29. The Kier molecular flexibility index (Phi) is 2.21. The Morgan fingerprint density at radius 2 is 2.27 bits per heavy atom. The molecule has 2 aliphatic heterocycles. The summed E-state index contributed by atoms with van der Waals surface area (Å²) in [4.78, 5) is 0. The molecule has 5 heteroatoms. The lowest BCUT2D eigenvalue weighted by atomic mass is 10.1. The van der Waals surface area contributed by atoms with E-state index in [4.69, 9.17) is 4.74 Å². The molecule has 0 radical (unpaired) electrons. The molecule has 0 bridgehead atoms. The molecule has 0 aliphatic carbocycles. The quantitative estimate of drug-likeness (QED) is 0.772. The van der Waals surface area contributed by atoms with Gasteiger partial charge < -0.3 is 14.6 Å². The van der Waals surface area contributed by atoms with Crippen molar-refractivity contribution in [3.05, 3.63) is 11.6 Å². The summed E-state index contributed by atoms with van der Waals surface area (Å²) in [5.74, 6) is 2.03. The van der Waals surface area contributed by atoms with E-state index < -0.39 is 0 Å². The number of hydrogen-bond donors (Lipinski definition) is 1. The molecule has 2 fully saturated rings. The van der Waals surface area contributed by atoms with Crippen LogP contribution >= 0.6 is 0 Å². The van der Waals surface area contributed by atoms with Crippen LogP contribution < -0.4 is 5.32 Å². The maximum Gasteiger partial charge on any atom is 0.162 e. The summed E-state index contributed by atoms with van der Waals surface area (Å²) in [5, 5.41) is 11.7. The number of aromatic nitrogens is 3. The molecule has 82 valence electrons. The van der Waals surface area contributed by atoms with Crippen LogP contribution in [-0.4, -0.2) is 34.5 Å². The van der Waals surface area contributed by atoms with Crippen LogP contribution in [0.5, 0.6) is 0 Å². The number of nitrogens with zero attached hydrogens (tertiary/aromatic N) is 3. The summed E-state index contributed by atoms with van der Waals surface area (Å²) >= 11 is 0. The van der Waals surface area contributed by atoms with Crippen LogP contribution in [0.4, 0.5) is 0 Å². The first kappa shape index (κ1) is 9.30. The van der Waals surface area contributed by atoms with Gasteiger partial charge in [0, 0.05) is 19.7 Å². The molecule has 3 heterocycles. The molecule has 1 aromatic heterocycles. The van der Waals surface area contributed by atoms with Gasteiger partial charge in [0.05, 0.1) is 6.04 Å². The molecule has 1 aromatic rings. The van der Waals surface area contributed by atoms with E-state index in [1.165, 1.54) is 0 Å². The third-order valence-corrected chi connectivity index (χ3v) is 3.24. The van der Waals surface area contributed by atoms with Crippen molar-refractivity contribution < 1.29 is 4.74 Å². The summed E-state index contributed by atoms with van der Waals surface area (Å²) in [6.07, 6.45) is 2.39. The molecule has 0 amide bonds. The molecule has 0 spiro atoms. The van der Waals surface area contributed by atoms with Gasteiger partial charge in [0.1, 0.15) is 11.9 Å². The van der Waals surface area contributed by atoms with E-state index in [9.17, 15) is 0 Å². The standard InChI is InChI=1S/C10H16N4O/c1-7-12-13-10(9-3-2-4-15-9)14(7)8-5-11-6-8/h8-9,11H,2-6H2,1H3. The van der Waals surface area contributed by atoms with Gasteiger partial charge >= 0.3 is 0 Å². The fraction of sp³-hybridized carbons (Fsp3) is 0.800. The van der Waals surface area contributed by atoms with Gasteiger partial charge in [-0.2, -0.15) is 0 Å². The SMILES string of the molecule is Cc1nnc(C2CCCO2)n1C1CNC1. The Hall–Kier alpha value is -0.940. The minimum atomic E-state index is 0.173. The summed E-state index contributed by atoms with van der Waals surface area (Å²) in [5.41, 5.74) is 0. The maximum absolute atomic E-state index is 5.67. The van der Waals surface area contributed by atoms with Gasteiger partial charge in [-0.15, -0.1) is 10.2 Å². The smallest absolute Gasteiger partial charge is 0.162 e. The van der Waals surface area contributed by atoms with Crippen molar-refractivity contribution >= 4 is 0 Å². The molecule has 2 saturated heterocycles. The van der Waals surface area contributed by atoms with Gasteiger partial charge in [0.2, 0.25) is 0 Å². The average molecular weight is 208 g/mol. The van der Waals surface area contributed by atoms with Crippen LogP contribution in [0.1, 0.15) is 36.6 Å². The zero-order valence-electron chi connectivity index (χ0n) is 8.94. The Bertz CT molecular complexity index is 352. The lowest BCUT2D eigenvalue weighted by Gasteiger charge is -2.30. The predicted octanol–water partition coefficient (Wildman–Crippen LogP) is 0.582. The second-order valence-corrected chi connectivity index (χ2v) is 4.29. The largest absolute Gasteiger partial charge is 0.370 e. The van der Waals surface area contributed by atoms with Crippen molar-refractivity contribution in [1.82, 2.24) is 20.1 Å². The van der Waals surface area contributed by atoms with E-state index in [0.29, 0.717) is 6.04 Å². The molecule has 3 rings (SSSR count).